The van der Waals surface area contributed by atoms with Gasteiger partial charge in [-0.05, 0) is 76.5 Å². The minimum atomic E-state index is -4.26. The molecule has 4 rings (SSSR count). The lowest BCUT2D eigenvalue weighted by Crippen LogP contribution is -2.45. The van der Waals surface area contributed by atoms with Gasteiger partial charge in [-0.25, -0.2) is 13.3 Å². The highest BCUT2D eigenvalue weighted by atomic mass is 127. The van der Waals surface area contributed by atoms with Crippen LogP contribution in [0.1, 0.15) is 11.3 Å². The number of rotatable bonds is 6. The number of nitrogens with zero attached hydrogens (tertiary/aromatic N) is 2. The summed E-state index contributed by atoms with van der Waals surface area (Å²) in [6, 6.07) is 13.3. The molecule has 3 aromatic rings. The standard InChI is InChI=1S/C21H15Cl2IN2O4S2/c22-13-3-8-17(23)19(10-13)32(29,30)25(12-16-2-1-9-31-16)18-11-20(27)26(21(18)28)15-6-4-14(24)5-7-15/h1-10,18H,11-12H2. The fourth-order valence-electron chi connectivity index (χ4n) is 3.42. The molecule has 0 bridgehead atoms. The zero-order chi connectivity index (χ0) is 23.0. The Labute approximate surface area is 212 Å². The van der Waals surface area contributed by atoms with Crippen LogP contribution in [0.5, 0.6) is 0 Å². The van der Waals surface area contributed by atoms with Gasteiger partial charge in [0.15, 0.2) is 0 Å². The molecule has 1 unspecified atom stereocenters. The molecule has 1 aliphatic heterocycles. The highest BCUT2D eigenvalue weighted by Gasteiger charge is 2.47. The third-order valence-corrected chi connectivity index (χ3v) is 9.08. The zero-order valence-electron chi connectivity index (χ0n) is 16.2. The van der Waals surface area contributed by atoms with E-state index in [2.05, 4.69) is 22.6 Å². The Morgan fingerprint density at radius 3 is 2.47 bits per heavy atom. The summed E-state index contributed by atoms with van der Waals surface area (Å²) in [5, 5.41) is 1.99. The van der Waals surface area contributed by atoms with E-state index in [0.29, 0.717) is 5.69 Å². The van der Waals surface area contributed by atoms with Gasteiger partial charge in [-0.2, -0.15) is 4.31 Å². The lowest BCUT2D eigenvalue weighted by molar-refractivity contribution is -0.122. The van der Waals surface area contributed by atoms with E-state index in [1.807, 2.05) is 5.38 Å². The fraction of sp³-hybridized carbons (Fsp3) is 0.143. The number of anilines is 1. The number of carbonyl (C=O) groups excluding carboxylic acids is 2. The normalized spacial score (nSPS) is 16.9. The van der Waals surface area contributed by atoms with Gasteiger partial charge >= 0.3 is 0 Å². The summed E-state index contributed by atoms with van der Waals surface area (Å²) < 4.78 is 29.3. The van der Waals surface area contributed by atoms with Crippen molar-refractivity contribution in [1.29, 1.82) is 0 Å². The van der Waals surface area contributed by atoms with Crippen molar-refractivity contribution in [3.63, 3.8) is 0 Å². The molecule has 11 heteroatoms. The maximum Gasteiger partial charge on any atom is 0.252 e. The second kappa shape index (κ2) is 9.40. The van der Waals surface area contributed by atoms with Gasteiger partial charge < -0.3 is 0 Å². The molecule has 6 nitrogen and oxygen atoms in total. The van der Waals surface area contributed by atoms with E-state index in [0.717, 1.165) is 17.7 Å². The van der Waals surface area contributed by atoms with Crippen LogP contribution in [0.15, 0.2) is 64.9 Å². The van der Waals surface area contributed by atoms with Crippen molar-refractivity contribution in [3.05, 3.63) is 78.5 Å². The average molecular weight is 621 g/mol. The van der Waals surface area contributed by atoms with Crippen LogP contribution in [0.25, 0.3) is 0 Å². The van der Waals surface area contributed by atoms with Crippen molar-refractivity contribution in [2.75, 3.05) is 4.90 Å². The summed E-state index contributed by atoms with van der Waals surface area (Å²) in [6.45, 7) is -0.0763. The molecule has 0 saturated carbocycles. The maximum absolute atomic E-state index is 13.7. The van der Waals surface area contributed by atoms with E-state index in [1.165, 1.54) is 29.5 Å². The van der Waals surface area contributed by atoms with Crippen molar-refractivity contribution in [1.82, 2.24) is 4.31 Å². The summed E-state index contributed by atoms with van der Waals surface area (Å²) in [5.41, 5.74) is 0.400. The number of carbonyl (C=O) groups is 2. The molecular formula is C21H15Cl2IN2O4S2. The number of thiophene rings is 1. The SMILES string of the molecule is O=C1CC(N(Cc2cccs2)S(=O)(=O)c2cc(Cl)ccc2Cl)C(=O)N1c1ccc(I)cc1. The van der Waals surface area contributed by atoms with Crippen LogP contribution in [0.3, 0.4) is 0 Å². The second-order valence-corrected chi connectivity index (χ2v) is 11.9. The molecule has 2 aromatic carbocycles. The van der Waals surface area contributed by atoms with Crippen LogP contribution >= 0.6 is 57.1 Å². The Morgan fingerprint density at radius 1 is 1.09 bits per heavy atom. The molecule has 2 amide bonds. The third kappa shape index (κ3) is 4.59. The van der Waals surface area contributed by atoms with Crippen molar-refractivity contribution in [2.24, 2.45) is 0 Å². The van der Waals surface area contributed by atoms with E-state index in [4.69, 9.17) is 23.2 Å². The number of sulfonamides is 1. The molecule has 1 aliphatic rings. The average Bonchev–Trinajstić information content (AvgIpc) is 3.36. The molecule has 2 heterocycles. The Bertz CT molecular complexity index is 1280. The molecule has 0 spiro atoms. The topological polar surface area (TPSA) is 74.8 Å². The molecule has 0 aliphatic carbocycles. The number of benzene rings is 2. The van der Waals surface area contributed by atoms with Crippen LogP contribution in [-0.4, -0.2) is 30.6 Å². The Hall–Kier alpha value is -1.50. The largest absolute Gasteiger partial charge is 0.274 e. The van der Waals surface area contributed by atoms with E-state index >= 15 is 0 Å². The lowest BCUT2D eigenvalue weighted by atomic mass is 10.2. The van der Waals surface area contributed by atoms with E-state index in [-0.39, 0.29) is 27.9 Å². The maximum atomic E-state index is 13.7. The predicted octanol–water partition coefficient (Wildman–Crippen LogP) is 5.18. The minimum absolute atomic E-state index is 0.0168. The van der Waals surface area contributed by atoms with Gasteiger partial charge in [0.2, 0.25) is 15.9 Å². The highest BCUT2D eigenvalue weighted by molar-refractivity contribution is 14.1. The van der Waals surface area contributed by atoms with E-state index in [1.54, 1.807) is 36.4 Å². The molecule has 1 fully saturated rings. The third-order valence-electron chi connectivity index (χ3n) is 4.93. The van der Waals surface area contributed by atoms with Crippen LogP contribution < -0.4 is 4.90 Å². The molecule has 1 atom stereocenters. The van der Waals surface area contributed by atoms with Crippen molar-refractivity contribution >= 4 is 84.7 Å². The van der Waals surface area contributed by atoms with E-state index in [9.17, 15) is 18.0 Å². The molecule has 1 aromatic heterocycles. The number of halogens is 3. The first kappa shape index (κ1) is 23.7. The Balaban J connectivity index is 1.77. The van der Waals surface area contributed by atoms with Crippen molar-refractivity contribution < 1.29 is 18.0 Å². The second-order valence-electron chi connectivity index (χ2n) is 6.97. The molecular weight excluding hydrogens is 606 g/mol. The molecule has 1 saturated heterocycles. The molecule has 166 valence electrons. The Kier molecular flexibility index (Phi) is 6.94. The zero-order valence-corrected chi connectivity index (χ0v) is 21.5. The number of hydrogen-bond donors (Lipinski definition) is 0. The highest BCUT2D eigenvalue weighted by Crippen LogP contribution is 2.34. The van der Waals surface area contributed by atoms with Gasteiger partial charge in [-0.15, -0.1) is 11.3 Å². The number of hydrogen-bond acceptors (Lipinski definition) is 5. The lowest BCUT2D eigenvalue weighted by Gasteiger charge is -2.27. The quantitative estimate of drug-likeness (QED) is 0.281. The molecule has 0 N–H and O–H groups in total. The van der Waals surface area contributed by atoms with Crippen molar-refractivity contribution in [2.45, 2.75) is 23.9 Å². The summed E-state index contributed by atoms with van der Waals surface area (Å²) >= 11 is 15.7. The van der Waals surface area contributed by atoms with Gasteiger partial charge in [-0.1, -0.05) is 29.3 Å². The van der Waals surface area contributed by atoms with Crippen LogP contribution in [0, 0.1) is 3.57 Å². The van der Waals surface area contributed by atoms with Gasteiger partial charge in [0.25, 0.3) is 5.91 Å². The van der Waals surface area contributed by atoms with Gasteiger partial charge in [0, 0.05) is 20.0 Å². The summed E-state index contributed by atoms with van der Waals surface area (Å²) in [6.07, 6.45) is -0.270. The summed E-state index contributed by atoms with van der Waals surface area (Å²) in [4.78, 5) is 27.7. The first-order chi connectivity index (χ1) is 15.2. The number of imide groups is 1. The van der Waals surface area contributed by atoms with Gasteiger partial charge in [-0.3, -0.25) is 9.59 Å². The molecule has 32 heavy (non-hydrogen) atoms. The Morgan fingerprint density at radius 2 is 1.81 bits per heavy atom. The minimum Gasteiger partial charge on any atom is -0.274 e. The predicted molar refractivity (Wildman–Crippen MR) is 134 cm³/mol. The smallest absolute Gasteiger partial charge is 0.252 e. The number of amides is 2. The van der Waals surface area contributed by atoms with Crippen LogP contribution in [0.4, 0.5) is 5.69 Å². The van der Waals surface area contributed by atoms with Gasteiger partial charge in [0.05, 0.1) is 17.1 Å². The van der Waals surface area contributed by atoms with Crippen LogP contribution in [0.2, 0.25) is 10.0 Å². The summed E-state index contributed by atoms with van der Waals surface area (Å²) in [5.74, 6) is -1.07. The van der Waals surface area contributed by atoms with E-state index < -0.39 is 27.9 Å². The first-order valence-electron chi connectivity index (χ1n) is 9.30. The molecule has 0 radical (unpaired) electrons. The van der Waals surface area contributed by atoms with Crippen LogP contribution in [-0.2, 0) is 26.2 Å². The first-order valence-corrected chi connectivity index (χ1v) is 13.5. The monoisotopic (exact) mass is 620 g/mol. The van der Waals surface area contributed by atoms with Gasteiger partial charge in [0.1, 0.15) is 10.9 Å². The summed E-state index contributed by atoms with van der Waals surface area (Å²) in [7, 11) is -4.26. The fourth-order valence-corrected chi connectivity index (χ4v) is 6.86. The van der Waals surface area contributed by atoms with Crippen molar-refractivity contribution in [3.8, 4) is 0 Å².